The Hall–Kier alpha value is 0.375. The van der Waals surface area contributed by atoms with E-state index in [0.29, 0.717) is 0 Å². The van der Waals surface area contributed by atoms with Gasteiger partial charge in [-0.05, 0) is 0 Å². The van der Waals surface area contributed by atoms with Crippen molar-refractivity contribution in [2.45, 2.75) is 0 Å². The summed E-state index contributed by atoms with van der Waals surface area (Å²) in [5, 5.41) is 8.55. The van der Waals surface area contributed by atoms with Gasteiger partial charge >= 0.3 is 37.7 Å². The molecule has 0 aliphatic rings. The van der Waals surface area contributed by atoms with Gasteiger partial charge in [0.1, 0.15) is 0 Å². The van der Waals surface area contributed by atoms with E-state index in [0.717, 1.165) is 0 Å². The Kier molecular flexibility index (Phi) is 5.27. The van der Waals surface area contributed by atoms with Gasteiger partial charge in [-0.3, -0.25) is 16.2 Å². The molecule has 2 rings (SSSR count). The fourth-order valence-corrected chi connectivity index (χ4v) is 1.42. The van der Waals surface area contributed by atoms with Crippen LogP contribution in [0.2, 0.25) is 0 Å². The second-order valence-electron chi connectivity index (χ2n) is 1.85. The van der Waals surface area contributed by atoms with Gasteiger partial charge in [-0.15, -0.1) is 6.07 Å². The van der Waals surface area contributed by atoms with Crippen LogP contribution in [-0.4, -0.2) is 0 Å². The van der Waals surface area contributed by atoms with Crippen LogP contribution in [0.1, 0.15) is 0 Å². The first kappa shape index (κ1) is 11.4. The maximum atomic E-state index is 3.11. The fourth-order valence-electron chi connectivity index (χ4n) is 0.797. The van der Waals surface area contributed by atoms with E-state index in [9.17, 15) is 0 Å². The number of fused-ring (bicyclic) bond motifs is 1. The molecule has 0 aliphatic carbocycles. The summed E-state index contributed by atoms with van der Waals surface area (Å²) >= 11 is 1.50. The molecule has 1 aromatic heterocycles. The zero-order chi connectivity index (χ0) is 6.10. The van der Waals surface area contributed by atoms with E-state index in [-0.39, 0.29) is 37.7 Å². The van der Waals surface area contributed by atoms with Crippen LogP contribution < -0.4 is 37.7 Å². The predicted octanol–water partition coefficient (Wildman–Crippen LogP) is -3.49. The second-order valence-corrected chi connectivity index (χ2v) is 2.46. The molecule has 11 heavy (non-hydrogen) atoms. The Balaban J connectivity index is 0.000000500. The minimum Gasteiger partial charge on any atom is -0.393 e. The van der Waals surface area contributed by atoms with Gasteiger partial charge in [0, 0.05) is 0 Å². The van der Waals surface area contributed by atoms with Crippen molar-refractivity contribution in [3.8, 4) is 0 Å². The van der Waals surface area contributed by atoms with E-state index in [4.69, 9.17) is 0 Å². The number of benzene rings is 1. The molecule has 0 amide bonds. The van der Waals surface area contributed by atoms with Crippen molar-refractivity contribution in [2.75, 3.05) is 0 Å². The van der Waals surface area contributed by atoms with Gasteiger partial charge in [-0.25, -0.2) is 11.4 Å². The molecule has 1 heterocycles. The summed E-state index contributed by atoms with van der Waals surface area (Å²) in [6.07, 6.45) is 0. The van der Waals surface area contributed by atoms with Crippen molar-refractivity contribution in [3.63, 3.8) is 0 Å². The Morgan fingerprint density at radius 1 is 0.909 bits per heavy atom. The number of hydrogen-bond donors (Lipinski definition) is 0. The smallest absolute Gasteiger partial charge is 0.393 e. The predicted molar refractivity (Wildman–Crippen MR) is 39.5 cm³/mol. The largest absolute Gasteiger partial charge is 1.00 e. The zero-order valence-electron chi connectivity index (χ0n) is 6.72. The molecule has 0 atom stereocenters. The molecule has 0 saturated carbocycles. The third-order valence-electron chi connectivity index (χ3n) is 1.25. The van der Waals surface area contributed by atoms with Crippen molar-refractivity contribution in [1.29, 1.82) is 0 Å². The van der Waals surface area contributed by atoms with Crippen LogP contribution in [0.3, 0.4) is 0 Å². The van der Waals surface area contributed by atoms with Gasteiger partial charge in [0.25, 0.3) is 0 Å². The summed E-state index contributed by atoms with van der Waals surface area (Å²) < 4.78 is 0. The molecule has 0 spiro atoms. The monoisotopic (exact) mass is 146 g/mol. The van der Waals surface area contributed by atoms with Crippen LogP contribution >= 0.6 is 11.3 Å². The maximum absolute atomic E-state index is 3.11. The summed E-state index contributed by atoms with van der Waals surface area (Å²) in [5.41, 5.74) is 0. The molecule has 0 saturated heterocycles. The SMILES string of the molecule is [Li+].[Li+].[c-]1s[c-]c2ccccc12. The topological polar surface area (TPSA) is 0 Å². The molecule has 44 valence electrons. The van der Waals surface area contributed by atoms with Crippen LogP contribution in [0.15, 0.2) is 24.3 Å². The number of rotatable bonds is 0. The normalized spacial score (nSPS) is 8.36. The van der Waals surface area contributed by atoms with E-state index in [1.807, 2.05) is 24.3 Å². The molecule has 2 aromatic rings. The molecule has 1 aromatic carbocycles. The first-order valence-electron chi connectivity index (χ1n) is 2.74. The van der Waals surface area contributed by atoms with Crippen LogP contribution in [0.5, 0.6) is 0 Å². The molecule has 0 radical (unpaired) electrons. The van der Waals surface area contributed by atoms with Gasteiger partial charge in [-0.2, -0.15) is 6.07 Å². The van der Waals surface area contributed by atoms with Gasteiger partial charge in [0.05, 0.1) is 0 Å². The molecule has 0 aliphatic heterocycles. The average Bonchev–Trinajstić information content (AvgIpc) is 2.33. The number of hydrogen-bond acceptors (Lipinski definition) is 1. The van der Waals surface area contributed by atoms with Gasteiger partial charge < -0.3 is 11.3 Å². The van der Waals surface area contributed by atoms with Crippen molar-refractivity contribution >= 4 is 22.1 Å². The van der Waals surface area contributed by atoms with E-state index < -0.39 is 0 Å². The summed E-state index contributed by atoms with van der Waals surface area (Å²) in [6, 6.07) is 8.11. The van der Waals surface area contributed by atoms with Crippen molar-refractivity contribution in [2.24, 2.45) is 0 Å². The van der Waals surface area contributed by atoms with Gasteiger partial charge in [0.15, 0.2) is 0 Å². The Labute approximate surface area is 94.3 Å². The second kappa shape index (κ2) is 5.10. The summed E-state index contributed by atoms with van der Waals surface area (Å²) in [6.45, 7) is 0. The molecular weight excluding hydrogens is 142 g/mol. The Bertz CT molecular complexity index is 286. The molecule has 0 bridgehead atoms. The van der Waals surface area contributed by atoms with Crippen LogP contribution in [0.4, 0.5) is 0 Å². The average molecular weight is 146 g/mol. The molecule has 0 N–H and O–H groups in total. The minimum absolute atomic E-state index is 0. The van der Waals surface area contributed by atoms with Crippen LogP contribution in [0, 0.1) is 10.8 Å². The number of thiophene rings is 1. The maximum Gasteiger partial charge on any atom is 1.00 e. The minimum atomic E-state index is 0. The summed E-state index contributed by atoms with van der Waals surface area (Å²) in [4.78, 5) is 0. The quantitative estimate of drug-likeness (QED) is 0.267. The third-order valence-corrected chi connectivity index (χ3v) is 1.89. The van der Waals surface area contributed by atoms with Gasteiger partial charge in [0.2, 0.25) is 0 Å². The van der Waals surface area contributed by atoms with Crippen LogP contribution in [-0.2, 0) is 0 Å². The van der Waals surface area contributed by atoms with E-state index in [2.05, 4.69) is 10.8 Å². The molecule has 3 heteroatoms. The van der Waals surface area contributed by atoms with E-state index in [1.54, 1.807) is 0 Å². The van der Waals surface area contributed by atoms with Crippen molar-refractivity contribution in [1.82, 2.24) is 0 Å². The Morgan fingerprint density at radius 3 is 1.82 bits per heavy atom. The summed E-state index contributed by atoms with van der Waals surface area (Å²) in [5.74, 6) is 0. The zero-order valence-corrected chi connectivity index (χ0v) is 7.53. The van der Waals surface area contributed by atoms with E-state index in [1.165, 1.54) is 22.1 Å². The molecule has 0 nitrogen and oxygen atoms in total. The Morgan fingerprint density at radius 2 is 1.36 bits per heavy atom. The third kappa shape index (κ3) is 2.41. The summed E-state index contributed by atoms with van der Waals surface area (Å²) in [7, 11) is 0. The van der Waals surface area contributed by atoms with Crippen molar-refractivity contribution < 1.29 is 37.7 Å². The van der Waals surface area contributed by atoms with Crippen LogP contribution in [0.25, 0.3) is 10.8 Å². The molecule has 0 fully saturated rings. The first-order valence-corrected chi connectivity index (χ1v) is 3.55. The fraction of sp³-hybridized carbons (Fsp3) is 0. The first-order chi connectivity index (χ1) is 4.47. The van der Waals surface area contributed by atoms with Gasteiger partial charge in [-0.1, -0.05) is 6.07 Å². The standard InChI is InChI=1S/C8H4S.2Li/c1-2-4-8-6-9-5-7(8)3-1;;/h1-4H;;/q-2;2*+1. The van der Waals surface area contributed by atoms with Crippen molar-refractivity contribution in [3.05, 3.63) is 35.0 Å². The molecular formula is C8H4Li2S. The van der Waals surface area contributed by atoms with E-state index >= 15 is 0 Å². The molecule has 0 unspecified atom stereocenters.